The number of hydrogen-bond donors (Lipinski definition) is 1. The molecule has 0 aliphatic rings. The van der Waals surface area contributed by atoms with Crippen molar-refractivity contribution in [3.05, 3.63) is 34.1 Å². The minimum absolute atomic E-state index is 0.230. The highest BCUT2D eigenvalue weighted by Gasteiger charge is 2.34. The Kier molecular flexibility index (Phi) is 5.95. The van der Waals surface area contributed by atoms with Gasteiger partial charge in [-0.2, -0.15) is 0 Å². The van der Waals surface area contributed by atoms with Gasteiger partial charge in [-0.1, -0.05) is 6.07 Å². The average molecular weight is 340 g/mol. The van der Waals surface area contributed by atoms with E-state index in [-0.39, 0.29) is 17.7 Å². The summed E-state index contributed by atoms with van der Waals surface area (Å²) < 4.78 is 36.1. The van der Waals surface area contributed by atoms with Gasteiger partial charge in [-0.25, -0.2) is 4.39 Å². The molecule has 0 radical (unpaired) electrons. The minimum Gasteiger partial charge on any atom is -0.314 e. The van der Waals surface area contributed by atoms with Crippen LogP contribution in [0, 0.1) is 5.82 Å². The van der Waals surface area contributed by atoms with Gasteiger partial charge in [0.1, 0.15) is 11.6 Å². The molecule has 0 spiro atoms. The number of halogens is 2. The zero-order valence-corrected chi connectivity index (χ0v) is 12.7. The molecule has 0 amide bonds. The molecule has 1 aromatic carbocycles. The van der Waals surface area contributed by atoms with E-state index in [0.29, 0.717) is 5.56 Å². The van der Waals surface area contributed by atoms with Gasteiger partial charge in [-0.05, 0) is 47.5 Å². The Hall–Kier alpha value is -0.260. The first-order valence-corrected chi connectivity index (χ1v) is 7.94. The first-order valence-electron chi connectivity index (χ1n) is 5.54. The Morgan fingerprint density at radius 3 is 2.39 bits per heavy atom. The maximum absolute atomic E-state index is 13.1. The van der Waals surface area contributed by atoms with Crippen molar-refractivity contribution in [2.24, 2.45) is 5.73 Å². The highest BCUT2D eigenvalue weighted by Crippen LogP contribution is 2.58. The van der Waals surface area contributed by atoms with Crippen molar-refractivity contribution in [2.75, 3.05) is 13.2 Å². The highest BCUT2D eigenvalue weighted by molar-refractivity contribution is 9.10. The molecule has 7 heteroatoms. The Morgan fingerprint density at radius 1 is 1.39 bits per heavy atom. The van der Waals surface area contributed by atoms with Crippen LogP contribution in [0.5, 0.6) is 0 Å². The lowest BCUT2D eigenvalue weighted by Crippen LogP contribution is -2.15. The largest absolute Gasteiger partial charge is 0.351 e. The second kappa shape index (κ2) is 6.78. The molecule has 0 saturated heterocycles. The topological polar surface area (TPSA) is 61.5 Å². The van der Waals surface area contributed by atoms with Crippen molar-refractivity contribution in [3.8, 4) is 0 Å². The molecule has 1 aromatic rings. The van der Waals surface area contributed by atoms with E-state index in [1.54, 1.807) is 13.8 Å². The molecule has 0 aliphatic carbocycles. The number of nitrogens with two attached hydrogens (primary N) is 1. The first-order chi connectivity index (χ1) is 8.44. The zero-order chi connectivity index (χ0) is 13.8. The Balaban J connectivity index is 3.05. The molecule has 0 aromatic heterocycles. The smallest absolute Gasteiger partial charge is 0.314 e. The monoisotopic (exact) mass is 339 g/mol. The van der Waals surface area contributed by atoms with E-state index in [1.165, 1.54) is 18.2 Å². The van der Waals surface area contributed by atoms with E-state index in [1.807, 2.05) is 0 Å². The third-order valence-electron chi connectivity index (χ3n) is 2.24. The van der Waals surface area contributed by atoms with Gasteiger partial charge in [0.25, 0.3) is 0 Å². The van der Waals surface area contributed by atoms with Gasteiger partial charge >= 0.3 is 7.60 Å². The maximum Gasteiger partial charge on any atom is 0.351 e. The minimum atomic E-state index is -3.43. The Labute approximate surface area is 114 Å². The molecule has 1 rings (SSSR count). The molecule has 0 fully saturated rings. The van der Waals surface area contributed by atoms with E-state index in [4.69, 9.17) is 14.8 Å². The normalized spacial score (nSPS) is 13.6. The van der Waals surface area contributed by atoms with Crippen molar-refractivity contribution >= 4 is 23.5 Å². The van der Waals surface area contributed by atoms with Crippen LogP contribution in [0.1, 0.15) is 25.2 Å². The Bertz CT molecular complexity index is 448. The zero-order valence-electron chi connectivity index (χ0n) is 10.2. The van der Waals surface area contributed by atoms with Crippen molar-refractivity contribution in [3.63, 3.8) is 0 Å². The molecule has 0 aliphatic heterocycles. The summed E-state index contributed by atoms with van der Waals surface area (Å²) in [4.78, 5) is 0. The quantitative estimate of drug-likeness (QED) is 0.800. The predicted octanol–water partition coefficient (Wildman–Crippen LogP) is 3.81. The van der Waals surface area contributed by atoms with Crippen molar-refractivity contribution in [2.45, 2.75) is 19.6 Å². The van der Waals surface area contributed by atoms with E-state index in [0.717, 1.165) is 0 Å². The number of rotatable bonds is 6. The molecule has 0 unspecified atom stereocenters. The van der Waals surface area contributed by atoms with Crippen molar-refractivity contribution < 1.29 is 18.0 Å². The molecule has 1 atom stereocenters. The molecule has 4 nitrogen and oxygen atoms in total. The van der Waals surface area contributed by atoms with Gasteiger partial charge in [-0.3, -0.25) is 4.57 Å². The summed E-state index contributed by atoms with van der Waals surface area (Å²) in [6, 6.07) is 4.20. The lowest BCUT2D eigenvalue weighted by molar-refractivity contribution is 0.212. The van der Waals surface area contributed by atoms with Crippen LogP contribution in [0.3, 0.4) is 0 Å². The summed E-state index contributed by atoms with van der Waals surface area (Å²) in [5.41, 5.74) is 6.40. The molecule has 18 heavy (non-hydrogen) atoms. The van der Waals surface area contributed by atoms with E-state index >= 15 is 0 Å². The molecule has 102 valence electrons. The summed E-state index contributed by atoms with van der Waals surface area (Å²) in [5.74, 6) is -1.34. The van der Waals surface area contributed by atoms with Crippen LogP contribution in [0.15, 0.2) is 22.7 Å². The maximum atomic E-state index is 13.1. The first kappa shape index (κ1) is 15.8. The number of benzene rings is 1. The van der Waals surface area contributed by atoms with Crippen LogP contribution in [0.25, 0.3) is 0 Å². The summed E-state index contributed by atoms with van der Waals surface area (Å²) in [7, 11) is -3.43. The van der Waals surface area contributed by atoms with Crippen LogP contribution >= 0.6 is 23.5 Å². The van der Waals surface area contributed by atoms with Crippen LogP contribution in [-0.4, -0.2) is 13.2 Å². The second-order valence-electron chi connectivity index (χ2n) is 3.49. The lowest BCUT2D eigenvalue weighted by Gasteiger charge is -2.23. The predicted molar refractivity (Wildman–Crippen MR) is 71.9 cm³/mol. The molecule has 2 N–H and O–H groups in total. The van der Waals surface area contributed by atoms with Crippen molar-refractivity contribution in [1.82, 2.24) is 0 Å². The molecular formula is C11H16BrFNO3P. The molecule has 0 saturated carbocycles. The Morgan fingerprint density at radius 2 is 1.94 bits per heavy atom. The van der Waals surface area contributed by atoms with E-state index in [2.05, 4.69) is 15.9 Å². The number of hydrogen-bond acceptors (Lipinski definition) is 4. The van der Waals surface area contributed by atoms with E-state index in [9.17, 15) is 8.96 Å². The molecule has 0 bridgehead atoms. The van der Waals surface area contributed by atoms with Crippen LogP contribution in [0.4, 0.5) is 4.39 Å². The summed E-state index contributed by atoms with van der Waals surface area (Å²) in [6.07, 6.45) is 0. The van der Waals surface area contributed by atoms with Gasteiger partial charge in [0.05, 0.1) is 17.7 Å². The van der Waals surface area contributed by atoms with Crippen LogP contribution in [-0.2, 0) is 13.6 Å². The standard InChI is InChI=1S/C11H16BrFNO3P/c1-3-16-18(15,17-4-2)11(14)8-5-6-10(13)9(12)7-8/h5-7,11H,3-4,14H2,1-2H3/t11-/m1/s1. The van der Waals surface area contributed by atoms with Crippen LogP contribution in [0.2, 0.25) is 0 Å². The van der Waals surface area contributed by atoms with Gasteiger partial charge in [0.15, 0.2) is 0 Å². The van der Waals surface area contributed by atoms with Gasteiger partial charge in [0.2, 0.25) is 0 Å². The summed E-state index contributed by atoms with van der Waals surface area (Å²) >= 11 is 3.06. The fourth-order valence-electron chi connectivity index (χ4n) is 1.44. The van der Waals surface area contributed by atoms with Gasteiger partial charge in [0, 0.05) is 0 Å². The van der Waals surface area contributed by atoms with Gasteiger partial charge < -0.3 is 14.8 Å². The fourth-order valence-corrected chi connectivity index (χ4v) is 3.47. The summed E-state index contributed by atoms with van der Waals surface area (Å²) in [6.45, 7) is 3.87. The molecule has 0 heterocycles. The summed E-state index contributed by atoms with van der Waals surface area (Å²) in [5, 5.41) is 0. The van der Waals surface area contributed by atoms with Crippen molar-refractivity contribution in [1.29, 1.82) is 0 Å². The van der Waals surface area contributed by atoms with E-state index < -0.39 is 19.2 Å². The second-order valence-corrected chi connectivity index (χ2v) is 6.50. The fraction of sp³-hybridized carbons (Fsp3) is 0.455. The highest BCUT2D eigenvalue weighted by atomic mass is 79.9. The van der Waals surface area contributed by atoms with Gasteiger partial charge in [-0.15, -0.1) is 0 Å². The SMILES string of the molecule is CCOP(=O)(OCC)[C@@H](N)c1ccc(F)c(Br)c1. The lowest BCUT2D eigenvalue weighted by atomic mass is 10.2. The molecular weight excluding hydrogens is 324 g/mol. The average Bonchev–Trinajstić information content (AvgIpc) is 2.32. The third-order valence-corrected chi connectivity index (χ3v) is 5.07. The van der Waals surface area contributed by atoms with Crippen LogP contribution < -0.4 is 5.73 Å². The third kappa shape index (κ3) is 3.62.